The van der Waals surface area contributed by atoms with E-state index in [1.54, 1.807) is 24.3 Å². The van der Waals surface area contributed by atoms with Gasteiger partial charge in [-0.15, -0.1) is 0 Å². The van der Waals surface area contributed by atoms with Gasteiger partial charge in [-0.25, -0.2) is 4.98 Å². The number of rotatable bonds is 8. The van der Waals surface area contributed by atoms with E-state index < -0.39 is 28.5 Å². The molecule has 2 aliphatic heterocycles. The minimum absolute atomic E-state index is 0.0875. The van der Waals surface area contributed by atoms with Crippen LogP contribution in [0.1, 0.15) is 5.56 Å². The Morgan fingerprint density at radius 3 is 2.79 bits per heavy atom. The Morgan fingerprint density at radius 1 is 1.18 bits per heavy atom. The number of nitro groups is 1. The Labute approximate surface area is 224 Å². The summed E-state index contributed by atoms with van der Waals surface area (Å²) in [6, 6.07) is 12.1. The van der Waals surface area contributed by atoms with Gasteiger partial charge in [-0.1, -0.05) is 6.07 Å². The first-order valence-corrected chi connectivity index (χ1v) is 12.0. The maximum atomic E-state index is 12.9. The Balaban J connectivity index is 1.28. The second-order valence-corrected chi connectivity index (χ2v) is 8.97. The first-order chi connectivity index (χ1) is 18.8. The summed E-state index contributed by atoms with van der Waals surface area (Å²) in [4.78, 5) is 53.4. The van der Waals surface area contributed by atoms with E-state index in [1.165, 1.54) is 43.6 Å². The van der Waals surface area contributed by atoms with E-state index in [0.717, 1.165) is 4.90 Å². The van der Waals surface area contributed by atoms with Gasteiger partial charge < -0.3 is 24.3 Å². The van der Waals surface area contributed by atoms with Crippen LogP contribution in [0.5, 0.6) is 28.9 Å². The molecule has 1 saturated heterocycles. The molecular formula is C25H18N4O9S. The molecule has 0 unspecified atom stereocenters. The molecule has 0 saturated carbocycles. The van der Waals surface area contributed by atoms with Crippen molar-refractivity contribution in [2.75, 3.05) is 25.8 Å². The van der Waals surface area contributed by atoms with Crippen molar-refractivity contribution in [1.82, 2.24) is 9.88 Å². The highest BCUT2D eigenvalue weighted by molar-refractivity contribution is 8.18. The third-order valence-corrected chi connectivity index (χ3v) is 6.38. The fourth-order valence-electron chi connectivity index (χ4n) is 3.67. The molecule has 3 aromatic rings. The van der Waals surface area contributed by atoms with Crippen molar-refractivity contribution >= 4 is 46.3 Å². The summed E-state index contributed by atoms with van der Waals surface area (Å²) in [5, 5.41) is 13.3. The molecule has 39 heavy (non-hydrogen) atoms. The zero-order valence-corrected chi connectivity index (χ0v) is 20.9. The average molecular weight is 551 g/mol. The highest BCUT2D eigenvalue weighted by atomic mass is 32.2. The number of aromatic nitrogens is 1. The van der Waals surface area contributed by atoms with Crippen molar-refractivity contribution in [2.24, 2.45) is 0 Å². The molecule has 3 amide bonds. The Bertz CT molecular complexity index is 1540. The highest BCUT2D eigenvalue weighted by Crippen LogP contribution is 2.38. The largest absolute Gasteiger partial charge is 0.493 e. The summed E-state index contributed by atoms with van der Waals surface area (Å²) in [7, 11) is 1.38. The third kappa shape index (κ3) is 5.45. The molecule has 13 nitrogen and oxygen atoms in total. The molecule has 1 N–H and O–H groups in total. The fraction of sp³-hybridized carbons (Fsp3) is 0.120. The van der Waals surface area contributed by atoms with Gasteiger partial charge in [-0.2, -0.15) is 0 Å². The van der Waals surface area contributed by atoms with E-state index in [4.69, 9.17) is 18.9 Å². The minimum atomic E-state index is -0.630. The van der Waals surface area contributed by atoms with E-state index in [1.807, 2.05) is 0 Å². The molecule has 0 bridgehead atoms. The third-order valence-electron chi connectivity index (χ3n) is 5.47. The normalized spacial score (nSPS) is 15.0. The number of amides is 3. The molecule has 14 heteroatoms. The summed E-state index contributed by atoms with van der Waals surface area (Å²) in [6.45, 7) is -0.389. The molecule has 0 radical (unpaired) electrons. The number of benzene rings is 2. The quantitative estimate of drug-likeness (QED) is 0.243. The molecule has 3 heterocycles. The predicted molar refractivity (Wildman–Crippen MR) is 138 cm³/mol. The number of hydrogen-bond acceptors (Lipinski definition) is 11. The average Bonchev–Trinajstić information content (AvgIpc) is 3.49. The number of hydrogen-bond donors (Lipinski definition) is 1. The van der Waals surface area contributed by atoms with Crippen LogP contribution in [-0.4, -0.2) is 52.3 Å². The molecule has 5 rings (SSSR count). The number of carbonyl (C=O) groups excluding carboxylic acids is 3. The lowest BCUT2D eigenvalue weighted by Crippen LogP contribution is -2.36. The zero-order chi connectivity index (χ0) is 27.5. The van der Waals surface area contributed by atoms with E-state index in [-0.39, 0.29) is 34.8 Å². The number of methoxy groups -OCH3 is 1. The molecular weight excluding hydrogens is 532 g/mol. The zero-order valence-electron chi connectivity index (χ0n) is 20.1. The number of anilines is 1. The minimum Gasteiger partial charge on any atom is -0.493 e. The standard InChI is InChI=1S/C25H18N4O9S/c1-35-19-9-14(4-6-18(19)38-23-16(29(33)34)3-2-8-26-23)10-21-24(31)28(25(32)39-21)12-22(30)27-15-5-7-17-20(11-15)37-13-36-17/h2-11H,12-13H2,1H3,(H,27,30)/b21-10-. The second-order valence-electron chi connectivity index (χ2n) is 7.98. The van der Waals surface area contributed by atoms with Gasteiger partial charge in [-0.3, -0.25) is 29.4 Å². The van der Waals surface area contributed by atoms with E-state index in [0.29, 0.717) is 34.5 Å². The number of imide groups is 1. The van der Waals surface area contributed by atoms with Crippen LogP contribution in [0.15, 0.2) is 59.6 Å². The van der Waals surface area contributed by atoms with Crippen molar-refractivity contribution in [1.29, 1.82) is 0 Å². The molecule has 2 aliphatic rings. The number of carbonyl (C=O) groups is 3. The van der Waals surface area contributed by atoms with Crippen molar-refractivity contribution in [3.63, 3.8) is 0 Å². The molecule has 1 fully saturated rings. The van der Waals surface area contributed by atoms with Crippen LogP contribution >= 0.6 is 11.8 Å². The van der Waals surface area contributed by atoms with Crippen LogP contribution in [-0.2, 0) is 9.59 Å². The van der Waals surface area contributed by atoms with Gasteiger partial charge in [0, 0.05) is 24.0 Å². The van der Waals surface area contributed by atoms with Gasteiger partial charge in [0.15, 0.2) is 23.0 Å². The number of fused-ring (bicyclic) bond motifs is 1. The van der Waals surface area contributed by atoms with Gasteiger partial charge in [0.25, 0.3) is 17.0 Å². The van der Waals surface area contributed by atoms with Crippen LogP contribution in [0.3, 0.4) is 0 Å². The molecule has 198 valence electrons. The number of thioether (sulfide) groups is 1. The lowest BCUT2D eigenvalue weighted by Gasteiger charge is -2.12. The monoisotopic (exact) mass is 550 g/mol. The number of nitrogens with zero attached hydrogens (tertiary/aromatic N) is 3. The molecule has 0 spiro atoms. The van der Waals surface area contributed by atoms with Gasteiger partial charge in [-0.05, 0) is 53.7 Å². The van der Waals surface area contributed by atoms with Gasteiger partial charge in [0.05, 0.1) is 16.9 Å². The first-order valence-electron chi connectivity index (χ1n) is 11.2. The summed E-state index contributed by atoms with van der Waals surface area (Å²) in [5.74, 6) is -0.00624. The Hall–Kier alpha value is -5.11. The first kappa shape index (κ1) is 25.5. The van der Waals surface area contributed by atoms with Crippen LogP contribution < -0.4 is 24.3 Å². The fourth-order valence-corrected chi connectivity index (χ4v) is 4.51. The summed E-state index contributed by atoms with van der Waals surface area (Å²) in [6.07, 6.45) is 2.82. The van der Waals surface area contributed by atoms with E-state index in [2.05, 4.69) is 10.3 Å². The topological polar surface area (TPSA) is 159 Å². The van der Waals surface area contributed by atoms with Crippen LogP contribution in [0.25, 0.3) is 6.08 Å². The number of pyridine rings is 1. The summed E-state index contributed by atoms with van der Waals surface area (Å²) >= 11 is 0.692. The van der Waals surface area contributed by atoms with Gasteiger partial charge >= 0.3 is 5.69 Å². The number of ether oxygens (including phenoxy) is 4. The Kier molecular flexibility index (Phi) is 7.01. The van der Waals surface area contributed by atoms with Crippen LogP contribution in [0.2, 0.25) is 0 Å². The predicted octanol–water partition coefficient (Wildman–Crippen LogP) is 4.19. The second kappa shape index (κ2) is 10.7. The smallest absolute Gasteiger partial charge is 0.331 e. The van der Waals surface area contributed by atoms with Crippen LogP contribution in [0, 0.1) is 10.1 Å². The maximum Gasteiger partial charge on any atom is 0.331 e. The van der Waals surface area contributed by atoms with Crippen molar-refractivity contribution in [3.8, 4) is 28.9 Å². The maximum absolute atomic E-state index is 12.9. The summed E-state index contributed by atoms with van der Waals surface area (Å²) < 4.78 is 21.4. The van der Waals surface area contributed by atoms with Crippen LogP contribution in [0.4, 0.5) is 16.2 Å². The Morgan fingerprint density at radius 2 is 2.00 bits per heavy atom. The van der Waals surface area contributed by atoms with Crippen molar-refractivity contribution < 1.29 is 38.3 Å². The lowest BCUT2D eigenvalue weighted by atomic mass is 10.2. The van der Waals surface area contributed by atoms with E-state index >= 15 is 0 Å². The highest BCUT2D eigenvalue weighted by Gasteiger charge is 2.36. The van der Waals surface area contributed by atoms with E-state index in [9.17, 15) is 24.5 Å². The van der Waals surface area contributed by atoms with Crippen molar-refractivity contribution in [2.45, 2.75) is 0 Å². The van der Waals surface area contributed by atoms with Gasteiger partial charge in [0.1, 0.15) is 6.54 Å². The summed E-state index contributed by atoms with van der Waals surface area (Å²) in [5.41, 5.74) is 0.599. The number of nitrogens with one attached hydrogen (secondary N) is 1. The molecule has 1 aromatic heterocycles. The molecule has 2 aromatic carbocycles. The molecule has 0 atom stereocenters. The SMILES string of the molecule is COc1cc(/C=C2\SC(=O)N(CC(=O)Nc3ccc4c(c3)OCO4)C2=O)ccc1Oc1ncccc1[N+](=O)[O-]. The molecule has 0 aliphatic carbocycles. The van der Waals surface area contributed by atoms with Gasteiger partial charge in [0.2, 0.25) is 12.7 Å². The van der Waals surface area contributed by atoms with Crippen molar-refractivity contribution in [3.05, 3.63) is 75.3 Å². The lowest BCUT2D eigenvalue weighted by molar-refractivity contribution is -0.386.